The molecule has 4 rings (SSSR count). The molecule has 0 bridgehead atoms. The smallest absolute Gasteiger partial charge is 0.343 e. The number of esters is 1. The van der Waals surface area contributed by atoms with E-state index in [4.69, 9.17) is 4.74 Å². The molecule has 0 radical (unpaired) electrons. The number of fused-ring (bicyclic) bond motifs is 1. The molecule has 0 atom stereocenters. The molecule has 36 heavy (non-hydrogen) atoms. The van der Waals surface area contributed by atoms with Crippen molar-refractivity contribution in [1.82, 2.24) is 10.7 Å². The quantitative estimate of drug-likeness (QED) is 0.176. The lowest BCUT2D eigenvalue weighted by molar-refractivity contribution is -0.120. The summed E-state index contributed by atoms with van der Waals surface area (Å²) in [4.78, 5) is 37.3. The topological polar surface area (TPSA) is 96.9 Å². The highest BCUT2D eigenvalue weighted by Gasteiger charge is 2.14. The first kappa shape index (κ1) is 24.3. The Morgan fingerprint density at radius 2 is 1.58 bits per heavy atom. The Balaban J connectivity index is 1.47. The Morgan fingerprint density at radius 3 is 2.36 bits per heavy atom. The van der Waals surface area contributed by atoms with Crippen LogP contribution in [0.4, 0.5) is 0 Å². The summed E-state index contributed by atoms with van der Waals surface area (Å²) in [7, 11) is 0. The van der Waals surface area contributed by atoms with Gasteiger partial charge in [-0.25, -0.2) is 10.2 Å². The van der Waals surface area contributed by atoms with Crippen molar-refractivity contribution in [3.63, 3.8) is 0 Å². The highest BCUT2D eigenvalue weighted by atomic mass is 16.5. The van der Waals surface area contributed by atoms with E-state index in [-0.39, 0.29) is 12.5 Å². The monoisotopic (exact) mass is 479 g/mol. The number of hydrazone groups is 1. The maximum atomic E-state index is 12.7. The van der Waals surface area contributed by atoms with Crippen molar-refractivity contribution in [2.24, 2.45) is 5.10 Å². The second-order valence-corrected chi connectivity index (χ2v) is 8.24. The Kier molecular flexibility index (Phi) is 7.51. The minimum absolute atomic E-state index is 0.241. The van der Waals surface area contributed by atoms with Gasteiger partial charge < -0.3 is 10.1 Å². The second-order valence-electron chi connectivity index (χ2n) is 8.24. The van der Waals surface area contributed by atoms with Crippen molar-refractivity contribution in [2.45, 2.75) is 13.8 Å². The Morgan fingerprint density at radius 1 is 0.861 bits per heavy atom. The second kappa shape index (κ2) is 11.1. The molecule has 7 nitrogen and oxygen atoms in total. The molecule has 0 heterocycles. The third-order valence-electron chi connectivity index (χ3n) is 5.60. The van der Waals surface area contributed by atoms with Crippen LogP contribution >= 0.6 is 0 Å². The van der Waals surface area contributed by atoms with Crippen molar-refractivity contribution in [2.75, 3.05) is 6.54 Å². The number of carbonyl (C=O) groups excluding carboxylic acids is 3. The van der Waals surface area contributed by atoms with Crippen molar-refractivity contribution in [3.05, 3.63) is 113 Å². The molecule has 0 saturated heterocycles. The van der Waals surface area contributed by atoms with Gasteiger partial charge in [-0.1, -0.05) is 66.2 Å². The molecule has 0 spiro atoms. The number of aryl methyl sites for hydroxylation is 2. The van der Waals surface area contributed by atoms with E-state index < -0.39 is 11.9 Å². The molecular weight excluding hydrogens is 454 g/mol. The molecule has 7 heteroatoms. The van der Waals surface area contributed by atoms with Crippen LogP contribution in [-0.4, -0.2) is 30.5 Å². The Labute approximate surface area is 208 Å². The molecule has 4 aromatic carbocycles. The lowest BCUT2D eigenvalue weighted by atomic mass is 10.0. The van der Waals surface area contributed by atoms with Gasteiger partial charge in [0.1, 0.15) is 5.75 Å². The van der Waals surface area contributed by atoms with E-state index in [0.29, 0.717) is 22.4 Å². The first-order valence-electron chi connectivity index (χ1n) is 11.4. The molecule has 2 N–H and O–H groups in total. The zero-order valence-corrected chi connectivity index (χ0v) is 19.9. The first-order chi connectivity index (χ1) is 17.4. The minimum atomic E-state index is -0.497. The van der Waals surface area contributed by atoms with Gasteiger partial charge in [-0.2, -0.15) is 5.10 Å². The number of ether oxygens (including phenoxy) is 1. The fraction of sp³-hybridized carbons (Fsp3) is 0.103. The van der Waals surface area contributed by atoms with Crippen LogP contribution in [0, 0.1) is 13.8 Å². The summed E-state index contributed by atoms with van der Waals surface area (Å²) >= 11 is 0. The van der Waals surface area contributed by atoms with Crippen molar-refractivity contribution in [3.8, 4) is 5.75 Å². The van der Waals surface area contributed by atoms with Gasteiger partial charge in [-0.05, 0) is 54.4 Å². The minimum Gasteiger partial charge on any atom is -0.422 e. The van der Waals surface area contributed by atoms with E-state index in [9.17, 15) is 14.4 Å². The predicted molar refractivity (Wildman–Crippen MR) is 139 cm³/mol. The van der Waals surface area contributed by atoms with Crippen LogP contribution in [0.5, 0.6) is 5.75 Å². The third kappa shape index (κ3) is 5.82. The van der Waals surface area contributed by atoms with E-state index in [1.165, 1.54) is 6.21 Å². The number of nitrogens with one attached hydrogen (secondary N) is 2. The summed E-state index contributed by atoms with van der Waals surface area (Å²) in [5.41, 5.74) is 5.73. The van der Waals surface area contributed by atoms with E-state index >= 15 is 0 Å². The zero-order valence-electron chi connectivity index (χ0n) is 19.9. The van der Waals surface area contributed by atoms with E-state index in [2.05, 4.69) is 15.8 Å². The van der Waals surface area contributed by atoms with Crippen LogP contribution in [0.1, 0.15) is 37.4 Å². The summed E-state index contributed by atoms with van der Waals surface area (Å²) in [6, 6.07) is 25.3. The van der Waals surface area contributed by atoms with Crippen LogP contribution in [0.25, 0.3) is 10.8 Å². The van der Waals surface area contributed by atoms with Crippen LogP contribution < -0.4 is 15.5 Å². The fourth-order valence-electron chi connectivity index (χ4n) is 3.64. The van der Waals surface area contributed by atoms with Crippen LogP contribution in [0.3, 0.4) is 0 Å². The highest BCUT2D eigenvalue weighted by molar-refractivity contribution is 6.04. The molecule has 180 valence electrons. The van der Waals surface area contributed by atoms with Crippen molar-refractivity contribution >= 4 is 34.8 Å². The maximum absolute atomic E-state index is 12.7. The van der Waals surface area contributed by atoms with Gasteiger partial charge >= 0.3 is 5.97 Å². The number of carbonyl (C=O) groups is 3. The summed E-state index contributed by atoms with van der Waals surface area (Å²) in [6.07, 6.45) is 1.43. The molecule has 0 aliphatic carbocycles. The van der Waals surface area contributed by atoms with E-state index in [1.807, 2.05) is 68.4 Å². The molecule has 0 unspecified atom stereocenters. The van der Waals surface area contributed by atoms with Gasteiger partial charge in [0.2, 0.25) is 0 Å². The molecular formula is C29H25N3O4. The number of hydrogen-bond donors (Lipinski definition) is 2. The van der Waals surface area contributed by atoms with Gasteiger partial charge in [0, 0.05) is 11.1 Å². The average Bonchev–Trinajstić information content (AvgIpc) is 2.89. The molecule has 0 aromatic heterocycles. The molecule has 2 amide bonds. The Bertz CT molecular complexity index is 1460. The van der Waals surface area contributed by atoms with E-state index in [1.54, 1.807) is 30.3 Å². The van der Waals surface area contributed by atoms with Crippen molar-refractivity contribution in [1.29, 1.82) is 0 Å². The van der Waals surface area contributed by atoms with Gasteiger partial charge in [0.25, 0.3) is 11.8 Å². The van der Waals surface area contributed by atoms with Gasteiger partial charge in [0.05, 0.1) is 18.3 Å². The molecule has 0 saturated carbocycles. The Hall–Kier alpha value is -4.78. The largest absolute Gasteiger partial charge is 0.422 e. The molecule has 0 aliphatic heterocycles. The van der Waals surface area contributed by atoms with E-state index in [0.717, 1.165) is 21.9 Å². The van der Waals surface area contributed by atoms with Gasteiger partial charge in [-0.3, -0.25) is 9.59 Å². The fourth-order valence-corrected chi connectivity index (χ4v) is 3.64. The lowest BCUT2D eigenvalue weighted by Gasteiger charge is -2.11. The number of rotatable bonds is 7. The van der Waals surface area contributed by atoms with Crippen LogP contribution in [0.15, 0.2) is 90.0 Å². The lowest BCUT2D eigenvalue weighted by Crippen LogP contribution is -2.35. The average molecular weight is 480 g/mol. The number of benzene rings is 4. The SMILES string of the molecule is Cc1ccc(C(=O)Oc2ccc3ccccc3c2/C=N\NC(=O)CNC(=O)c2ccccc2C)cc1. The summed E-state index contributed by atoms with van der Waals surface area (Å²) in [5.74, 6) is -1.02. The third-order valence-corrected chi connectivity index (χ3v) is 5.60. The van der Waals surface area contributed by atoms with Gasteiger partial charge in [-0.15, -0.1) is 0 Å². The number of amides is 2. The summed E-state index contributed by atoms with van der Waals surface area (Å²) in [5, 5.41) is 8.35. The summed E-state index contributed by atoms with van der Waals surface area (Å²) < 4.78 is 5.68. The van der Waals surface area contributed by atoms with Gasteiger partial charge in [0.15, 0.2) is 0 Å². The highest BCUT2D eigenvalue weighted by Crippen LogP contribution is 2.27. The standard InChI is InChI=1S/C29H25N3O4/c1-19-11-13-22(14-12-19)29(35)36-26-16-15-21-8-4-6-10-24(21)25(26)17-31-32-27(33)18-30-28(34)23-9-5-3-7-20(23)2/h3-17H,18H2,1-2H3,(H,30,34)(H,32,33)/b31-17-. The van der Waals surface area contributed by atoms with Crippen LogP contribution in [-0.2, 0) is 4.79 Å². The maximum Gasteiger partial charge on any atom is 0.343 e. The number of nitrogens with zero attached hydrogens (tertiary/aromatic N) is 1. The summed E-state index contributed by atoms with van der Waals surface area (Å²) in [6.45, 7) is 3.53. The zero-order chi connectivity index (χ0) is 25.5. The normalized spacial score (nSPS) is 10.8. The predicted octanol–water partition coefficient (Wildman–Crippen LogP) is 4.56. The van der Waals surface area contributed by atoms with Crippen LogP contribution in [0.2, 0.25) is 0 Å². The molecule has 0 fully saturated rings. The first-order valence-corrected chi connectivity index (χ1v) is 11.4. The number of hydrogen-bond acceptors (Lipinski definition) is 5. The van der Waals surface area contributed by atoms with Crippen molar-refractivity contribution < 1.29 is 19.1 Å². The molecule has 0 aliphatic rings. The molecule has 4 aromatic rings.